The molecule has 0 bridgehead atoms. The molecule has 0 amide bonds. The lowest BCUT2D eigenvalue weighted by atomic mass is 10.1. The number of hydrogen-bond donors (Lipinski definition) is 1. The molecule has 1 atom stereocenters. The molecule has 1 aromatic carbocycles. The van der Waals surface area contributed by atoms with Crippen LogP contribution in [0.2, 0.25) is 5.02 Å². The molecule has 1 fully saturated rings. The molecule has 0 aromatic heterocycles. The number of hydrogen-bond acceptors (Lipinski definition) is 3. The summed E-state index contributed by atoms with van der Waals surface area (Å²) < 4.78 is 0. The summed E-state index contributed by atoms with van der Waals surface area (Å²) >= 11 is 5.97. The molecule has 2 rings (SSSR count). The van der Waals surface area contributed by atoms with E-state index in [9.17, 15) is 5.11 Å². The van der Waals surface area contributed by atoms with Crippen molar-refractivity contribution in [3.8, 4) is 6.07 Å². The minimum absolute atomic E-state index is 0.261. The first kappa shape index (κ1) is 11.3. The number of piperidine rings is 1. The second-order valence-corrected chi connectivity index (χ2v) is 4.43. The number of aliphatic hydroxyl groups is 1. The first-order valence-electron chi connectivity index (χ1n) is 5.33. The van der Waals surface area contributed by atoms with Crippen LogP contribution in [-0.4, -0.2) is 24.3 Å². The lowest BCUT2D eigenvalue weighted by Gasteiger charge is -2.32. The van der Waals surface area contributed by atoms with Crippen LogP contribution in [0.15, 0.2) is 18.2 Å². The van der Waals surface area contributed by atoms with E-state index in [-0.39, 0.29) is 6.10 Å². The van der Waals surface area contributed by atoms with E-state index in [4.69, 9.17) is 16.9 Å². The van der Waals surface area contributed by atoms with Crippen molar-refractivity contribution in [1.29, 1.82) is 5.26 Å². The SMILES string of the molecule is N#Cc1ccc(N2CCC[C@H](O)C2)cc1Cl. The number of anilines is 1. The molecule has 1 N–H and O–H groups in total. The van der Waals surface area contributed by atoms with Crippen molar-refractivity contribution in [1.82, 2.24) is 0 Å². The number of aliphatic hydroxyl groups excluding tert-OH is 1. The topological polar surface area (TPSA) is 47.3 Å². The number of nitriles is 1. The highest BCUT2D eigenvalue weighted by Crippen LogP contribution is 2.25. The second kappa shape index (κ2) is 4.73. The summed E-state index contributed by atoms with van der Waals surface area (Å²) in [5, 5.41) is 18.8. The molecule has 0 saturated carbocycles. The van der Waals surface area contributed by atoms with Gasteiger partial charge in [-0.25, -0.2) is 0 Å². The van der Waals surface area contributed by atoms with Crippen LogP contribution < -0.4 is 4.90 Å². The average Bonchev–Trinajstić information content (AvgIpc) is 2.29. The molecule has 0 spiro atoms. The number of benzene rings is 1. The quantitative estimate of drug-likeness (QED) is 0.813. The Kier molecular flexibility index (Phi) is 3.33. The van der Waals surface area contributed by atoms with Crippen LogP contribution in [0.5, 0.6) is 0 Å². The molecule has 84 valence electrons. The molecule has 0 unspecified atom stereocenters. The van der Waals surface area contributed by atoms with Crippen molar-refractivity contribution in [3.05, 3.63) is 28.8 Å². The molecule has 16 heavy (non-hydrogen) atoms. The number of rotatable bonds is 1. The number of β-amino-alcohol motifs (C(OH)–C–C–N with tert-alkyl or cyclic N) is 1. The molecule has 1 heterocycles. The van der Waals surface area contributed by atoms with Gasteiger partial charge in [-0.05, 0) is 31.0 Å². The molecule has 3 nitrogen and oxygen atoms in total. The summed E-state index contributed by atoms with van der Waals surface area (Å²) in [7, 11) is 0. The zero-order valence-electron chi connectivity index (χ0n) is 8.86. The van der Waals surface area contributed by atoms with Crippen LogP contribution in [0.1, 0.15) is 18.4 Å². The van der Waals surface area contributed by atoms with Gasteiger partial charge >= 0.3 is 0 Å². The highest BCUT2D eigenvalue weighted by molar-refractivity contribution is 6.32. The highest BCUT2D eigenvalue weighted by Gasteiger charge is 2.18. The molecule has 0 radical (unpaired) electrons. The molecule has 4 heteroatoms. The minimum Gasteiger partial charge on any atom is -0.391 e. The standard InChI is InChI=1S/C12H13ClN2O/c13-12-6-10(4-3-9(12)7-14)15-5-1-2-11(16)8-15/h3-4,6,11,16H,1-2,5,8H2/t11-/m0/s1. The van der Waals surface area contributed by atoms with E-state index in [1.807, 2.05) is 12.1 Å². The van der Waals surface area contributed by atoms with Crippen molar-refractivity contribution in [2.75, 3.05) is 18.0 Å². The Hall–Kier alpha value is -1.24. The van der Waals surface area contributed by atoms with Gasteiger partial charge in [0.1, 0.15) is 6.07 Å². The lowest BCUT2D eigenvalue weighted by Crippen LogP contribution is -2.38. The Morgan fingerprint density at radius 1 is 1.50 bits per heavy atom. The maximum Gasteiger partial charge on any atom is 0.101 e. The van der Waals surface area contributed by atoms with Gasteiger partial charge in [-0.2, -0.15) is 5.26 Å². The summed E-state index contributed by atoms with van der Waals surface area (Å²) in [5.74, 6) is 0. The van der Waals surface area contributed by atoms with E-state index in [1.54, 1.807) is 12.1 Å². The Morgan fingerprint density at radius 2 is 2.31 bits per heavy atom. The van der Waals surface area contributed by atoms with Gasteiger partial charge in [0.25, 0.3) is 0 Å². The third-order valence-corrected chi connectivity index (χ3v) is 3.15. The van der Waals surface area contributed by atoms with Crippen LogP contribution in [0.3, 0.4) is 0 Å². The fourth-order valence-corrected chi connectivity index (χ4v) is 2.20. The maximum absolute atomic E-state index is 9.58. The van der Waals surface area contributed by atoms with Crippen LogP contribution in [0.4, 0.5) is 5.69 Å². The van der Waals surface area contributed by atoms with Gasteiger partial charge in [-0.15, -0.1) is 0 Å². The van der Waals surface area contributed by atoms with Crippen molar-refractivity contribution in [3.63, 3.8) is 0 Å². The smallest absolute Gasteiger partial charge is 0.101 e. The van der Waals surface area contributed by atoms with E-state index in [0.29, 0.717) is 17.1 Å². The van der Waals surface area contributed by atoms with Gasteiger partial charge < -0.3 is 10.0 Å². The molecule has 0 aliphatic carbocycles. The average molecular weight is 237 g/mol. The fourth-order valence-electron chi connectivity index (χ4n) is 1.98. The summed E-state index contributed by atoms with van der Waals surface area (Å²) in [5.41, 5.74) is 1.46. The van der Waals surface area contributed by atoms with E-state index >= 15 is 0 Å². The monoisotopic (exact) mass is 236 g/mol. The van der Waals surface area contributed by atoms with E-state index in [0.717, 1.165) is 25.1 Å². The number of nitrogens with zero attached hydrogens (tertiary/aromatic N) is 2. The van der Waals surface area contributed by atoms with Crippen molar-refractivity contribution in [2.45, 2.75) is 18.9 Å². The van der Waals surface area contributed by atoms with E-state index in [1.165, 1.54) is 0 Å². The van der Waals surface area contributed by atoms with Gasteiger partial charge in [-0.3, -0.25) is 0 Å². The maximum atomic E-state index is 9.58. The van der Waals surface area contributed by atoms with E-state index < -0.39 is 0 Å². The fraction of sp³-hybridized carbons (Fsp3) is 0.417. The van der Waals surface area contributed by atoms with Gasteiger partial charge in [0, 0.05) is 18.8 Å². The molecule has 1 saturated heterocycles. The van der Waals surface area contributed by atoms with Crippen molar-refractivity contribution >= 4 is 17.3 Å². The van der Waals surface area contributed by atoms with Gasteiger partial charge in [-0.1, -0.05) is 11.6 Å². The zero-order valence-corrected chi connectivity index (χ0v) is 9.61. The van der Waals surface area contributed by atoms with Gasteiger partial charge in [0.15, 0.2) is 0 Å². The van der Waals surface area contributed by atoms with E-state index in [2.05, 4.69) is 4.90 Å². The highest BCUT2D eigenvalue weighted by atomic mass is 35.5. The largest absolute Gasteiger partial charge is 0.391 e. The van der Waals surface area contributed by atoms with Crippen molar-refractivity contribution in [2.24, 2.45) is 0 Å². The lowest BCUT2D eigenvalue weighted by molar-refractivity contribution is 0.154. The van der Waals surface area contributed by atoms with Crippen LogP contribution in [0.25, 0.3) is 0 Å². The molecule has 1 aromatic rings. The zero-order chi connectivity index (χ0) is 11.5. The Balaban J connectivity index is 2.21. The summed E-state index contributed by atoms with van der Waals surface area (Å²) in [6, 6.07) is 7.42. The Labute approximate surface area is 99.9 Å². The Bertz CT molecular complexity index is 428. The van der Waals surface area contributed by atoms with Crippen LogP contribution in [-0.2, 0) is 0 Å². The molecule has 1 aliphatic rings. The molecule has 1 aliphatic heterocycles. The van der Waals surface area contributed by atoms with Gasteiger partial charge in [0.05, 0.1) is 16.7 Å². The molecular weight excluding hydrogens is 224 g/mol. The summed E-state index contributed by atoms with van der Waals surface area (Å²) in [6.45, 7) is 1.57. The normalized spacial score (nSPS) is 20.6. The van der Waals surface area contributed by atoms with Crippen LogP contribution in [0, 0.1) is 11.3 Å². The van der Waals surface area contributed by atoms with Crippen LogP contribution >= 0.6 is 11.6 Å². The van der Waals surface area contributed by atoms with Crippen molar-refractivity contribution < 1.29 is 5.11 Å². The summed E-state index contributed by atoms with van der Waals surface area (Å²) in [4.78, 5) is 2.10. The predicted molar refractivity (Wildman–Crippen MR) is 63.6 cm³/mol. The third kappa shape index (κ3) is 2.29. The summed E-state index contributed by atoms with van der Waals surface area (Å²) in [6.07, 6.45) is 1.59. The van der Waals surface area contributed by atoms with Gasteiger partial charge in [0.2, 0.25) is 0 Å². The predicted octanol–water partition coefficient (Wildman–Crippen LogP) is 2.17. The third-order valence-electron chi connectivity index (χ3n) is 2.83. The first-order valence-corrected chi connectivity index (χ1v) is 5.71. The minimum atomic E-state index is -0.261. The second-order valence-electron chi connectivity index (χ2n) is 4.02. The Morgan fingerprint density at radius 3 is 2.94 bits per heavy atom. The molecular formula is C12H13ClN2O. The number of halogens is 1. The first-order chi connectivity index (χ1) is 7.70.